The molecule has 1 atom stereocenters. The van der Waals surface area contributed by atoms with Crippen LogP contribution in [0.4, 0.5) is 0 Å². The zero-order valence-electron chi connectivity index (χ0n) is 13.2. The third-order valence-corrected chi connectivity index (χ3v) is 2.49. The Kier molecular flexibility index (Phi) is 11.7. The molecule has 0 saturated carbocycles. The van der Waals surface area contributed by atoms with Gasteiger partial charge >= 0.3 is 0 Å². The van der Waals surface area contributed by atoms with Crippen LogP contribution in [0.15, 0.2) is 4.99 Å². The molecule has 0 saturated heterocycles. The summed E-state index contributed by atoms with van der Waals surface area (Å²) in [6.07, 6.45) is 1.10. The molecule has 5 heteroatoms. The van der Waals surface area contributed by atoms with Crippen molar-refractivity contribution in [2.75, 3.05) is 40.0 Å². The maximum atomic E-state index is 5.54. The van der Waals surface area contributed by atoms with Crippen molar-refractivity contribution in [1.82, 2.24) is 10.6 Å². The fourth-order valence-electron chi connectivity index (χ4n) is 1.49. The van der Waals surface area contributed by atoms with Crippen LogP contribution in [-0.2, 0) is 9.47 Å². The summed E-state index contributed by atoms with van der Waals surface area (Å²) in [5.74, 6) is 1.51. The molecule has 0 aliphatic rings. The molecule has 0 aromatic rings. The van der Waals surface area contributed by atoms with E-state index in [9.17, 15) is 0 Å². The molecular formula is C14H31N3O2. The SMILES string of the molecule is CCNC(=NCCOCCC(C)C)NC(C)COC. The Labute approximate surface area is 118 Å². The largest absolute Gasteiger partial charge is 0.383 e. The predicted octanol–water partition coefficient (Wildman–Crippen LogP) is 1.64. The summed E-state index contributed by atoms with van der Waals surface area (Å²) in [6.45, 7) is 12.2. The fourth-order valence-corrected chi connectivity index (χ4v) is 1.49. The number of rotatable bonds is 10. The smallest absolute Gasteiger partial charge is 0.191 e. The van der Waals surface area contributed by atoms with Gasteiger partial charge in [0.25, 0.3) is 0 Å². The lowest BCUT2D eigenvalue weighted by molar-refractivity contribution is 0.130. The second-order valence-electron chi connectivity index (χ2n) is 5.06. The van der Waals surface area contributed by atoms with Gasteiger partial charge in [-0.2, -0.15) is 0 Å². The fraction of sp³-hybridized carbons (Fsp3) is 0.929. The molecule has 114 valence electrons. The minimum absolute atomic E-state index is 0.240. The highest BCUT2D eigenvalue weighted by molar-refractivity contribution is 5.80. The zero-order valence-corrected chi connectivity index (χ0v) is 13.2. The number of methoxy groups -OCH3 is 1. The van der Waals surface area contributed by atoms with Gasteiger partial charge in [-0.3, -0.25) is 4.99 Å². The van der Waals surface area contributed by atoms with Gasteiger partial charge in [-0.05, 0) is 26.2 Å². The number of hydrogen-bond donors (Lipinski definition) is 2. The Balaban J connectivity index is 3.85. The molecule has 0 radical (unpaired) electrons. The van der Waals surface area contributed by atoms with Crippen molar-refractivity contribution in [2.45, 2.75) is 40.2 Å². The zero-order chi connectivity index (χ0) is 14.5. The van der Waals surface area contributed by atoms with E-state index >= 15 is 0 Å². The van der Waals surface area contributed by atoms with Crippen molar-refractivity contribution >= 4 is 5.96 Å². The molecule has 0 aromatic heterocycles. The molecule has 5 nitrogen and oxygen atoms in total. The van der Waals surface area contributed by atoms with Crippen molar-refractivity contribution < 1.29 is 9.47 Å². The Hall–Kier alpha value is -0.810. The number of nitrogens with one attached hydrogen (secondary N) is 2. The average Bonchev–Trinajstić information content (AvgIpc) is 2.33. The quantitative estimate of drug-likeness (QED) is 0.361. The van der Waals surface area contributed by atoms with Gasteiger partial charge in [-0.15, -0.1) is 0 Å². The predicted molar refractivity (Wildman–Crippen MR) is 80.7 cm³/mol. The van der Waals surface area contributed by atoms with E-state index in [1.807, 2.05) is 0 Å². The first-order chi connectivity index (χ1) is 9.10. The number of ether oxygens (including phenoxy) is 2. The van der Waals surface area contributed by atoms with Gasteiger partial charge in [-0.25, -0.2) is 0 Å². The first kappa shape index (κ1) is 18.2. The van der Waals surface area contributed by atoms with Crippen LogP contribution in [0.3, 0.4) is 0 Å². The van der Waals surface area contributed by atoms with Gasteiger partial charge in [-0.1, -0.05) is 13.8 Å². The Morgan fingerprint density at radius 1 is 1.21 bits per heavy atom. The molecule has 19 heavy (non-hydrogen) atoms. The molecule has 0 amide bonds. The number of nitrogens with zero attached hydrogens (tertiary/aromatic N) is 1. The van der Waals surface area contributed by atoms with Crippen molar-refractivity contribution in [1.29, 1.82) is 0 Å². The summed E-state index contributed by atoms with van der Waals surface area (Å²) in [4.78, 5) is 4.47. The molecule has 0 fully saturated rings. The highest BCUT2D eigenvalue weighted by Crippen LogP contribution is 1.98. The molecule has 1 unspecified atom stereocenters. The van der Waals surface area contributed by atoms with E-state index in [0.717, 1.165) is 25.5 Å². The highest BCUT2D eigenvalue weighted by Gasteiger charge is 2.03. The molecule has 0 aliphatic carbocycles. The maximum absolute atomic E-state index is 5.54. The van der Waals surface area contributed by atoms with Gasteiger partial charge in [0, 0.05) is 26.3 Å². The van der Waals surface area contributed by atoms with E-state index < -0.39 is 0 Å². The molecular weight excluding hydrogens is 242 g/mol. The normalized spacial score (nSPS) is 13.7. The molecule has 0 bridgehead atoms. The van der Waals surface area contributed by atoms with Crippen molar-refractivity contribution in [2.24, 2.45) is 10.9 Å². The van der Waals surface area contributed by atoms with Crippen molar-refractivity contribution in [3.63, 3.8) is 0 Å². The van der Waals surface area contributed by atoms with Crippen LogP contribution < -0.4 is 10.6 Å². The van der Waals surface area contributed by atoms with Gasteiger partial charge in [0.1, 0.15) is 0 Å². The van der Waals surface area contributed by atoms with Crippen molar-refractivity contribution in [3.8, 4) is 0 Å². The van der Waals surface area contributed by atoms with E-state index in [0.29, 0.717) is 25.7 Å². The lowest BCUT2D eigenvalue weighted by Crippen LogP contribution is -2.44. The van der Waals surface area contributed by atoms with Gasteiger partial charge in [0.2, 0.25) is 0 Å². The van der Waals surface area contributed by atoms with Crippen LogP contribution in [0.1, 0.15) is 34.1 Å². The Morgan fingerprint density at radius 2 is 1.95 bits per heavy atom. The van der Waals surface area contributed by atoms with Crippen LogP contribution >= 0.6 is 0 Å². The molecule has 0 rings (SSSR count). The van der Waals surface area contributed by atoms with Crippen molar-refractivity contribution in [3.05, 3.63) is 0 Å². The first-order valence-corrected chi connectivity index (χ1v) is 7.21. The first-order valence-electron chi connectivity index (χ1n) is 7.21. The van der Waals surface area contributed by atoms with Crippen LogP contribution in [0.5, 0.6) is 0 Å². The molecule has 0 heterocycles. The summed E-state index contributed by atoms with van der Waals surface area (Å²) in [5.41, 5.74) is 0. The van der Waals surface area contributed by atoms with Crippen LogP contribution in [-0.4, -0.2) is 52.0 Å². The third kappa shape index (κ3) is 12.0. The van der Waals surface area contributed by atoms with E-state index in [2.05, 4.69) is 43.3 Å². The summed E-state index contributed by atoms with van der Waals surface area (Å²) in [7, 11) is 1.70. The molecule has 0 aromatic carbocycles. The second kappa shape index (κ2) is 12.2. The lowest BCUT2D eigenvalue weighted by Gasteiger charge is -2.17. The van der Waals surface area contributed by atoms with Gasteiger partial charge in [0.15, 0.2) is 5.96 Å². The van der Waals surface area contributed by atoms with E-state index in [1.165, 1.54) is 0 Å². The summed E-state index contributed by atoms with van der Waals surface area (Å²) < 4.78 is 10.6. The van der Waals surface area contributed by atoms with Crippen LogP contribution in [0, 0.1) is 5.92 Å². The van der Waals surface area contributed by atoms with E-state index in [1.54, 1.807) is 7.11 Å². The van der Waals surface area contributed by atoms with Crippen LogP contribution in [0.2, 0.25) is 0 Å². The van der Waals surface area contributed by atoms with E-state index in [-0.39, 0.29) is 6.04 Å². The topological polar surface area (TPSA) is 54.9 Å². The molecule has 0 aliphatic heterocycles. The summed E-state index contributed by atoms with van der Waals surface area (Å²) in [6, 6.07) is 0.240. The van der Waals surface area contributed by atoms with Gasteiger partial charge < -0.3 is 20.1 Å². The van der Waals surface area contributed by atoms with Crippen LogP contribution in [0.25, 0.3) is 0 Å². The summed E-state index contributed by atoms with van der Waals surface area (Å²) >= 11 is 0. The molecule has 2 N–H and O–H groups in total. The maximum Gasteiger partial charge on any atom is 0.191 e. The monoisotopic (exact) mass is 273 g/mol. The number of guanidine groups is 1. The van der Waals surface area contributed by atoms with Gasteiger partial charge in [0.05, 0.1) is 19.8 Å². The summed E-state index contributed by atoms with van der Waals surface area (Å²) in [5, 5.41) is 6.50. The number of hydrogen-bond acceptors (Lipinski definition) is 3. The highest BCUT2D eigenvalue weighted by atomic mass is 16.5. The molecule has 0 spiro atoms. The third-order valence-electron chi connectivity index (χ3n) is 2.49. The lowest BCUT2D eigenvalue weighted by atomic mass is 10.1. The minimum atomic E-state index is 0.240. The van der Waals surface area contributed by atoms with E-state index in [4.69, 9.17) is 9.47 Å². The second-order valence-corrected chi connectivity index (χ2v) is 5.06. The Morgan fingerprint density at radius 3 is 2.53 bits per heavy atom. The number of aliphatic imine (C=N–C) groups is 1. The average molecular weight is 273 g/mol. The Bertz CT molecular complexity index is 233. The standard InChI is InChI=1S/C14H31N3O2/c1-6-15-14(17-13(4)11-18-5)16-8-10-19-9-7-12(2)3/h12-13H,6-11H2,1-5H3,(H2,15,16,17). The minimum Gasteiger partial charge on any atom is -0.383 e.